The maximum atomic E-state index is 12.6. The van der Waals surface area contributed by atoms with Gasteiger partial charge in [0.05, 0.1) is 22.4 Å². The van der Waals surface area contributed by atoms with Crippen molar-refractivity contribution in [2.24, 2.45) is 5.92 Å². The quantitative estimate of drug-likeness (QED) is 0.863. The molecular formula is C14H15N3O2S. The molecule has 0 spiro atoms. The average Bonchev–Trinajstić information content (AvgIpc) is 2.46. The van der Waals surface area contributed by atoms with Crippen molar-refractivity contribution in [3.63, 3.8) is 0 Å². The van der Waals surface area contributed by atoms with Gasteiger partial charge in [0.25, 0.3) is 0 Å². The second-order valence-corrected chi connectivity index (χ2v) is 6.66. The molecule has 0 fully saturated rings. The minimum Gasteiger partial charge on any atom is -0.256 e. The van der Waals surface area contributed by atoms with Gasteiger partial charge >= 0.3 is 0 Å². The van der Waals surface area contributed by atoms with Crippen LogP contribution in [0.5, 0.6) is 0 Å². The lowest BCUT2D eigenvalue weighted by atomic mass is 10.2. The lowest BCUT2D eigenvalue weighted by Crippen LogP contribution is -2.30. The van der Waals surface area contributed by atoms with E-state index in [2.05, 4.69) is 4.98 Å². The van der Waals surface area contributed by atoms with Crippen molar-refractivity contribution < 1.29 is 8.42 Å². The van der Waals surface area contributed by atoms with Gasteiger partial charge in [0.15, 0.2) is 0 Å². The summed E-state index contributed by atoms with van der Waals surface area (Å²) in [5, 5.41) is 9.40. The van der Waals surface area contributed by atoms with E-state index < -0.39 is 10.0 Å². The second-order valence-electron chi connectivity index (χ2n) is 4.64. The van der Waals surface area contributed by atoms with E-state index in [1.807, 2.05) is 6.07 Å². The third kappa shape index (κ3) is 2.64. The molecule has 0 aliphatic rings. The Bertz CT molecular complexity index is 760. The number of hydrogen-bond acceptors (Lipinski definition) is 4. The topological polar surface area (TPSA) is 74.1 Å². The molecule has 0 aliphatic heterocycles. The molecule has 2 aromatic rings. The summed E-state index contributed by atoms with van der Waals surface area (Å²) in [4.78, 5) is 4.37. The van der Waals surface area contributed by atoms with Gasteiger partial charge in [0, 0.05) is 25.2 Å². The van der Waals surface area contributed by atoms with Gasteiger partial charge in [-0.15, -0.1) is 0 Å². The van der Waals surface area contributed by atoms with Gasteiger partial charge in [0.2, 0.25) is 10.0 Å². The number of aromatic nitrogens is 1. The molecule has 20 heavy (non-hydrogen) atoms. The van der Waals surface area contributed by atoms with Gasteiger partial charge in [-0.25, -0.2) is 8.42 Å². The summed E-state index contributed by atoms with van der Waals surface area (Å²) in [6, 6.07) is 10.5. The average molecular weight is 289 g/mol. The van der Waals surface area contributed by atoms with E-state index in [-0.39, 0.29) is 17.4 Å². The Kier molecular flexibility index (Phi) is 4.02. The van der Waals surface area contributed by atoms with Crippen LogP contribution in [0.4, 0.5) is 0 Å². The van der Waals surface area contributed by atoms with E-state index in [4.69, 9.17) is 5.26 Å². The molecule has 1 aromatic carbocycles. The molecule has 2 rings (SSSR count). The summed E-state index contributed by atoms with van der Waals surface area (Å²) in [5.74, 6) is -0.358. The molecule has 1 heterocycles. The molecule has 1 unspecified atom stereocenters. The predicted molar refractivity (Wildman–Crippen MR) is 76.3 cm³/mol. The van der Waals surface area contributed by atoms with Crippen LogP contribution in [0.2, 0.25) is 0 Å². The standard InChI is InChI=1S/C14H15N3O2S/c1-11(9-15)10-17(2)20(18,19)14-7-3-6-13-12(14)5-4-8-16-13/h3-8,11H,10H2,1-2H3. The van der Waals surface area contributed by atoms with Crippen LogP contribution in [-0.4, -0.2) is 31.3 Å². The Morgan fingerprint density at radius 1 is 1.35 bits per heavy atom. The number of pyridine rings is 1. The van der Waals surface area contributed by atoms with E-state index in [9.17, 15) is 8.42 Å². The molecule has 0 N–H and O–H groups in total. The van der Waals surface area contributed by atoms with Crippen molar-refractivity contribution in [1.82, 2.24) is 9.29 Å². The molecular weight excluding hydrogens is 274 g/mol. The molecule has 0 saturated heterocycles. The molecule has 1 atom stereocenters. The molecule has 0 bridgehead atoms. The van der Waals surface area contributed by atoms with Crippen LogP contribution < -0.4 is 0 Å². The van der Waals surface area contributed by atoms with E-state index >= 15 is 0 Å². The van der Waals surface area contributed by atoms with E-state index in [1.54, 1.807) is 43.5 Å². The highest BCUT2D eigenvalue weighted by atomic mass is 32.2. The van der Waals surface area contributed by atoms with Crippen molar-refractivity contribution in [1.29, 1.82) is 5.26 Å². The lowest BCUT2D eigenvalue weighted by Gasteiger charge is -2.19. The van der Waals surface area contributed by atoms with E-state index in [0.717, 1.165) is 0 Å². The van der Waals surface area contributed by atoms with Crippen LogP contribution in [0.3, 0.4) is 0 Å². The monoisotopic (exact) mass is 289 g/mol. The van der Waals surface area contributed by atoms with Gasteiger partial charge in [0.1, 0.15) is 0 Å². The van der Waals surface area contributed by atoms with Crippen LogP contribution in [0.25, 0.3) is 10.9 Å². The first-order valence-electron chi connectivity index (χ1n) is 6.16. The Morgan fingerprint density at radius 3 is 2.80 bits per heavy atom. The zero-order valence-electron chi connectivity index (χ0n) is 11.3. The minimum absolute atomic E-state index is 0.162. The SMILES string of the molecule is CC(C#N)CN(C)S(=O)(=O)c1cccc2ncccc12. The van der Waals surface area contributed by atoms with E-state index in [1.165, 1.54) is 11.4 Å². The summed E-state index contributed by atoms with van der Waals surface area (Å²) in [7, 11) is -2.14. The van der Waals surface area contributed by atoms with Gasteiger partial charge in [-0.3, -0.25) is 4.98 Å². The Balaban J connectivity index is 2.50. The predicted octanol–water partition coefficient (Wildman–Crippen LogP) is 2.01. The number of sulfonamides is 1. The molecule has 0 amide bonds. The molecule has 0 radical (unpaired) electrons. The highest BCUT2D eigenvalue weighted by Crippen LogP contribution is 2.24. The number of hydrogen-bond donors (Lipinski definition) is 0. The first-order chi connectivity index (χ1) is 9.46. The lowest BCUT2D eigenvalue weighted by molar-refractivity contribution is 0.439. The van der Waals surface area contributed by atoms with Crippen LogP contribution in [-0.2, 0) is 10.0 Å². The summed E-state index contributed by atoms with van der Waals surface area (Å²) in [6.07, 6.45) is 1.63. The summed E-state index contributed by atoms with van der Waals surface area (Å²) >= 11 is 0. The van der Waals surface area contributed by atoms with Crippen LogP contribution in [0, 0.1) is 17.2 Å². The van der Waals surface area contributed by atoms with Gasteiger partial charge in [-0.05, 0) is 31.2 Å². The molecule has 0 saturated carbocycles. The first kappa shape index (κ1) is 14.4. The third-order valence-corrected chi connectivity index (χ3v) is 4.93. The fraction of sp³-hybridized carbons (Fsp3) is 0.286. The highest BCUT2D eigenvalue weighted by molar-refractivity contribution is 7.89. The molecule has 5 nitrogen and oxygen atoms in total. The van der Waals surface area contributed by atoms with Crippen LogP contribution >= 0.6 is 0 Å². The van der Waals surface area contributed by atoms with Gasteiger partial charge in [-0.2, -0.15) is 9.57 Å². The van der Waals surface area contributed by atoms with Crippen molar-refractivity contribution in [3.05, 3.63) is 36.5 Å². The molecule has 1 aromatic heterocycles. The number of fused-ring (bicyclic) bond motifs is 1. The zero-order chi connectivity index (χ0) is 14.8. The number of nitriles is 1. The summed E-state index contributed by atoms with van der Waals surface area (Å²) in [5.41, 5.74) is 0.635. The van der Waals surface area contributed by atoms with Crippen molar-refractivity contribution in [2.45, 2.75) is 11.8 Å². The smallest absolute Gasteiger partial charge is 0.243 e. The normalized spacial score (nSPS) is 13.3. The van der Waals surface area contributed by atoms with Gasteiger partial charge < -0.3 is 0 Å². The maximum Gasteiger partial charge on any atom is 0.243 e. The van der Waals surface area contributed by atoms with Crippen molar-refractivity contribution >= 4 is 20.9 Å². The zero-order valence-corrected chi connectivity index (χ0v) is 12.1. The second kappa shape index (κ2) is 5.57. The summed E-state index contributed by atoms with van der Waals surface area (Å²) < 4.78 is 26.4. The highest BCUT2D eigenvalue weighted by Gasteiger charge is 2.24. The number of benzene rings is 1. The maximum absolute atomic E-state index is 12.6. The largest absolute Gasteiger partial charge is 0.256 e. The summed E-state index contributed by atoms with van der Waals surface area (Å²) in [6.45, 7) is 1.85. The Hall–Kier alpha value is -1.97. The van der Waals surface area contributed by atoms with Gasteiger partial charge in [-0.1, -0.05) is 6.07 Å². The van der Waals surface area contributed by atoms with Crippen molar-refractivity contribution in [3.8, 4) is 6.07 Å². The molecule has 104 valence electrons. The minimum atomic E-state index is -3.63. The molecule has 6 heteroatoms. The number of nitrogens with zero attached hydrogens (tertiary/aromatic N) is 3. The Morgan fingerprint density at radius 2 is 2.10 bits per heavy atom. The molecule has 0 aliphatic carbocycles. The first-order valence-corrected chi connectivity index (χ1v) is 7.60. The fourth-order valence-electron chi connectivity index (χ4n) is 1.99. The van der Waals surface area contributed by atoms with Crippen molar-refractivity contribution in [2.75, 3.05) is 13.6 Å². The van der Waals surface area contributed by atoms with Crippen LogP contribution in [0.1, 0.15) is 6.92 Å². The van der Waals surface area contributed by atoms with E-state index in [0.29, 0.717) is 10.9 Å². The number of rotatable bonds is 4. The Labute approximate surface area is 118 Å². The fourth-order valence-corrected chi connectivity index (χ4v) is 3.45. The third-order valence-electron chi connectivity index (χ3n) is 3.05. The van der Waals surface area contributed by atoms with Crippen LogP contribution in [0.15, 0.2) is 41.4 Å².